The highest BCUT2D eigenvalue weighted by molar-refractivity contribution is 9.10. The zero-order valence-electron chi connectivity index (χ0n) is 17.2. The molecular weight excluding hydrogens is 416 g/mol. The Morgan fingerprint density at radius 3 is 2.54 bits per heavy atom. The summed E-state index contributed by atoms with van der Waals surface area (Å²) in [6.07, 6.45) is 3.05. The predicted octanol–water partition coefficient (Wildman–Crippen LogP) is 4.98. The van der Waals surface area contributed by atoms with Gasteiger partial charge in [-0.2, -0.15) is 5.10 Å². The number of nitrogens with zero attached hydrogens (tertiary/aromatic N) is 4. The first kappa shape index (κ1) is 20.5. The van der Waals surface area contributed by atoms with Gasteiger partial charge >= 0.3 is 0 Å². The molecule has 0 aliphatic carbocycles. The number of benzene rings is 1. The number of pyridine rings is 1. The van der Waals surface area contributed by atoms with E-state index >= 15 is 0 Å². The normalized spacial score (nSPS) is 11.4. The van der Waals surface area contributed by atoms with Gasteiger partial charge in [0.05, 0.1) is 6.20 Å². The fraction of sp³-hybridized carbons (Fsp3) is 0.409. The van der Waals surface area contributed by atoms with Crippen molar-refractivity contribution in [2.45, 2.75) is 53.1 Å². The molecule has 1 aromatic carbocycles. The zero-order valence-corrected chi connectivity index (χ0v) is 18.7. The van der Waals surface area contributed by atoms with Crippen molar-refractivity contribution in [1.29, 1.82) is 0 Å². The number of amides is 1. The van der Waals surface area contributed by atoms with Gasteiger partial charge in [-0.25, -0.2) is 9.67 Å². The standard InChI is InChI=1S/C22H27BrN4O/c1-14(2)27-22-20(12-24-27)15(3)19(16(4)25-22)10-11-21(28)26(5)13-17-6-8-18(23)9-7-17/h6-9,12,14H,10-11,13H2,1-5H3. The molecule has 0 N–H and O–H groups in total. The average Bonchev–Trinajstić information content (AvgIpc) is 3.07. The Hall–Kier alpha value is -2.21. The van der Waals surface area contributed by atoms with Crippen LogP contribution in [0, 0.1) is 13.8 Å². The first-order valence-corrected chi connectivity index (χ1v) is 10.4. The van der Waals surface area contributed by atoms with Crippen molar-refractivity contribution in [1.82, 2.24) is 19.7 Å². The van der Waals surface area contributed by atoms with Crippen molar-refractivity contribution in [3.05, 3.63) is 57.3 Å². The maximum atomic E-state index is 12.6. The van der Waals surface area contributed by atoms with E-state index in [1.54, 1.807) is 4.90 Å². The molecule has 3 aromatic rings. The first-order chi connectivity index (χ1) is 13.3. The molecule has 1 amide bonds. The Morgan fingerprint density at radius 2 is 1.89 bits per heavy atom. The van der Waals surface area contributed by atoms with Gasteiger partial charge in [-0.05, 0) is 62.9 Å². The van der Waals surface area contributed by atoms with Gasteiger partial charge < -0.3 is 4.90 Å². The second kappa shape index (κ2) is 8.43. The third-order valence-electron chi connectivity index (χ3n) is 5.17. The molecule has 0 aliphatic rings. The number of hydrogen-bond acceptors (Lipinski definition) is 3. The summed E-state index contributed by atoms with van der Waals surface area (Å²) < 4.78 is 3.00. The van der Waals surface area contributed by atoms with Gasteiger partial charge in [0.2, 0.25) is 5.91 Å². The molecule has 2 aromatic heterocycles. The summed E-state index contributed by atoms with van der Waals surface area (Å²) in [5.74, 6) is 0.139. The van der Waals surface area contributed by atoms with Gasteiger partial charge in [0.15, 0.2) is 5.65 Å². The van der Waals surface area contributed by atoms with Crippen molar-refractivity contribution in [3.8, 4) is 0 Å². The highest BCUT2D eigenvalue weighted by Crippen LogP contribution is 2.25. The Bertz CT molecular complexity index is 992. The molecule has 0 saturated heterocycles. The molecule has 3 rings (SSSR count). The first-order valence-electron chi connectivity index (χ1n) is 9.59. The number of aromatic nitrogens is 3. The molecule has 0 fully saturated rings. The van der Waals surface area contributed by atoms with E-state index in [-0.39, 0.29) is 11.9 Å². The third-order valence-corrected chi connectivity index (χ3v) is 5.70. The smallest absolute Gasteiger partial charge is 0.222 e. The number of hydrogen-bond donors (Lipinski definition) is 0. The fourth-order valence-electron chi connectivity index (χ4n) is 3.51. The SMILES string of the molecule is Cc1nc2c(cnn2C(C)C)c(C)c1CCC(=O)N(C)Cc1ccc(Br)cc1. The molecule has 0 aliphatic heterocycles. The summed E-state index contributed by atoms with van der Waals surface area (Å²) in [5, 5.41) is 5.56. The van der Waals surface area contributed by atoms with E-state index in [0.29, 0.717) is 19.4 Å². The second-order valence-electron chi connectivity index (χ2n) is 7.60. The lowest BCUT2D eigenvalue weighted by atomic mass is 10.00. The van der Waals surface area contributed by atoms with E-state index in [2.05, 4.69) is 41.8 Å². The van der Waals surface area contributed by atoms with E-state index in [1.807, 2.05) is 49.1 Å². The summed E-state index contributed by atoms with van der Waals surface area (Å²) in [7, 11) is 1.86. The summed E-state index contributed by atoms with van der Waals surface area (Å²) in [4.78, 5) is 19.2. The van der Waals surface area contributed by atoms with Crippen LogP contribution >= 0.6 is 15.9 Å². The predicted molar refractivity (Wildman–Crippen MR) is 116 cm³/mol. The topological polar surface area (TPSA) is 51.0 Å². The van der Waals surface area contributed by atoms with E-state index in [1.165, 1.54) is 5.56 Å². The molecule has 148 valence electrons. The van der Waals surface area contributed by atoms with Crippen molar-refractivity contribution in [2.75, 3.05) is 7.05 Å². The van der Waals surface area contributed by atoms with Crippen LogP contribution in [0.15, 0.2) is 34.9 Å². The minimum atomic E-state index is 0.139. The molecule has 28 heavy (non-hydrogen) atoms. The largest absolute Gasteiger partial charge is 0.341 e. The molecule has 0 bridgehead atoms. The summed E-state index contributed by atoms with van der Waals surface area (Å²) in [6, 6.07) is 8.33. The van der Waals surface area contributed by atoms with Gasteiger partial charge in [0, 0.05) is 41.6 Å². The van der Waals surface area contributed by atoms with Gasteiger partial charge in [-0.3, -0.25) is 4.79 Å². The average molecular weight is 443 g/mol. The third kappa shape index (κ3) is 4.27. The van der Waals surface area contributed by atoms with Crippen LogP contribution in [-0.2, 0) is 17.8 Å². The minimum Gasteiger partial charge on any atom is -0.341 e. The van der Waals surface area contributed by atoms with Crippen LogP contribution in [-0.4, -0.2) is 32.6 Å². The van der Waals surface area contributed by atoms with Crippen molar-refractivity contribution < 1.29 is 4.79 Å². The molecule has 0 spiro atoms. The van der Waals surface area contributed by atoms with Gasteiger partial charge in [-0.15, -0.1) is 0 Å². The number of aryl methyl sites for hydroxylation is 2. The fourth-order valence-corrected chi connectivity index (χ4v) is 3.78. The summed E-state index contributed by atoms with van der Waals surface area (Å²) in [6.45, 7) is 8.95. The molecule has 0 atom stereocenters. The highest BCUT2D eigenvalue weighted by atomic mass is 79.9. The lowest BCUT2D eigenvalue weighted by molar-refractivity contribution is -0.130. The van der Waals surface area contributed by atoms with Gasteiger partial charge in [0.1, 0.15) is 0 Å². The molecule has 0 saturated carbocycles. The number of rotatable bonds is 6. The van der Waals surface area contributed by atoms with Crippen LogP contribution in [0.5, 0.6) is 0 Å². The summed E-state index contributed by atoms with van der Waals surface area (Å²) >= 11 is 3.44. The Balaban J connectivity index is 1.72. The van der Waals surface area contributed by atoms with E-state index in [9.17, 15) is 4.79 Å². The molecular formula is C22H27BrN4O. The molecule has 5 nitrogen and oxygen atoms in total. The Labute approximate surface area is 174 Å². The summed E-state index contributed by atoms with van der Waals surface area (Å²) in [5.41, 5.74) is 5.36. The van der Waals surface area contributed by atoms with Crippen LogP contribution in [0.1, 0.15) is 48.7 Å². The zero-order chi connectivity index (χ0) is 20.4. The van der Waals surface area contributed by atoms with Gasteiger partial charge in [0.25, 0.3) is 0 Å². The molecule has 0 radical (unpaired) electrons. The van der Waals surface area contributed by atoms with Crippen molar-refractivity contribution >= 4 is 32.9 Å². The van der Waals surface area contributed by atoms with Crippen molar-refractivity contribution in [2.24, 2.45) is 0 Å². The quantitative estimate of drug-likeness (QED) is 0.540. The Kier molecular flexibility index (Phi) is 6.18. The number of fused-ring (bicyclic) bond motifs is 1. The Morgan fingerprint density at radius 1 is 1.21 bits per heavy atom. The number of carbonyl (C=O) groups is 1. The highest BCUT2D eigenvalue weighted by Gasteiger charge is 2.17. The second-order valence-corrected chi connectivity index (χ2v) is 8.51. The maximum Gasteiger partial charge on any atom is 0.222 e. The molecule has 2 heterocycles. The monoisotopic (exact) mass is 442 g/mol. The van der Waals surface area contributed by atoms with Crippen LogP contribution in [0.25, 0.3) is 11.0 Å². The van der Waals surface area contributed by atoms with Crippen LogP contribution < -0.4 is 0 Å². The molecule has 6 heteroatoms. The number of carbonyl (C=O) groups excluding carboxylic acids is 1. The molecule has 0 unspecified atom stereocenters. The van der Waals surface area contributed by atoms with E-state index < -0.39 is 0 Å². The van der Waals surface area contributed by atoms with Crippen LogP contribution in [0.3, 0.4) is 0 Å². The maximum absolute atomic E-state index is 12.6. The van der Waals surface area contributed by atoms with Gasteiger partial charge in [-0.1, -0.05) is 28.1 Å². The lowest BCUT2D eigenvalue weighted by Crippen LogP contribution is -2.26. The van der Waals surface area contributed by atoms with Crippen LogP contribution in [0.2, 0.25) is 0 Å². The number of halogens is 1. The van der Waals surface area contributed by atoms with E-state index in [4.69, 9.17) is 4.98 Å². The lowest BCUT2D eigenvalue weighted by Gasteiger charge is -2.18. The minimum absolute atomic E-state index is 0.139. The van der Waals surface area contributed by atoms with Crippen LogP contribution in [0.4, 0.5) is 0 Å². The van der Waals surface area contributed by atoms with Crippen molar-refractivity contribution in [3.63, 3.8) is 0 Å². The van der Waals surface area contributed by atoms with E-state index in [0.717, 1.165) is 32.3 Å².